The first-order chi connectivity index (χ1) is 13.9. The minimum Gasteiger partial charge on any atom is -0.451 e. The van der Waals surface area contributed by atoms with Crippen molar-refractivity contribution in [2.45, 2.75) is 13.0 Å². The van der Waals surface area contributed by atoms with E-state index in [2.05, 4.69) is 10.6 Å². The maximum atomic E-state index is 12.4. The Morgan fingerprint density at radius 3 is 2.41 bits per heavy atom. The van der Waals surface area contributed by atoms with Gasteiger partial charge in [-0.15, -0.1) is 0 Å². The molecule has 0 radical (unpaired) electrons. The van der Waals surface area contributed by atoms with Gasteiger partial charge in [0.25, 0.3) is 11.8 Å². The second-order valence-electron chi connectivity index (χ2n) is 6.34. The van der Waals surface area contributed by atoms with Crippen molar-refractivity contribution in [1.29, 1.82) is 0 Å². The molecule has 3 aromatic carbocycles. The van der Waals surface area contributed by atoms with Gasteiger partial charge >= 0.3 is 5.97 Å². The minimum absolute atomic E-state index is 0.354. The Bertz CT molecular complexity index is 1040. The number of nitrogens with one attached hydrogen (secondary N) is 2. The molecule has 0 aliphatic heterocycles. The van der Waals surface area contributed by atoms with E-state index in [9.17, 15) is 14.4 Å². The lowest BCUT2D eigenvalue weighted by atomic mass is 10.1. The van der Waals surface area contributed by atoms with Gasteiger partial charge in [0.1, 0.15) is 6.54 Å². The van der Waals surface area contributed by atoms with Crippen LogP contribution in [0.2, 0.25) is 5.02 Å². The molecule has 3 aromatic rings. The Labute approximate surface area is 172 Å². The van der Waals surface area contributed by atoms with E-state index in [1.165, 1.54) is 6.92 Å². The lowest BCUT2D eigenvalue weighted by molar-refractivity contribution is -0.152. The van der Waals surface area contributed by atoms with Crippen molar-refractivity contribution in [3.63, 3.8) is 0 Å². The van der Waals surface area contributed by atoms with E-state index in [4.69, 9.17) is 16.3 Å². The molecule has 0 heterocycles. The average Bonchev–Trinajstić information content (AvgIpc) is 2.72. The summed E-state index contributed by atoms with van der Waals surface area (Å²) in [6, 6.07) is 19.4. The predicted octanol–water partition coefficient (Wildman–Crippen LogP) is 3.79. The SMILES string of the molecule is C[C@H](OC(=O)CNC(=O)c1ccc(Cl)cc1)C(=O)Nc1cccc2ccccc12. The van der Waals surface area contributed by atoms with Gasteiger partial charge < -0.3 is 15.4 Å². The number of amides is 2. The second kappa shape index (κ2) is 9.21. The van der Waals surface area contributed by atoms with Gasteiger partial charge in [0.2, 0.25) is 0 Å². The van der Waals surface area contributed by atoms with Gasteiger partial charge in [-0.3, -0.25) is 14.4 Å². The molecule has 0 aliphatic rings. The fraction of sp³-hybridized carbons (Fsp3) is 0.136. The highest BCUT2D eigenvalue weighted by Gasteiger charge is 2.19. The zero-order chi connectivity index (χ0) is 20.8. The fourth-order valence-electron chi connectivity index (χ4n) is 2.72. The van der Waals surface area contributed by atoms with Crippen LogP contribution in [-0.2, 0) is 14.3 Å². The van der Waals surface area contributed by atoms with Gasteiger partial charge in [0, 0.05) is 21.7 Å². The van der Waals surface area contributed by atoms with E-state index < -0.39 is 23.9 Å². The monoisotopic (exact) mass is 410 g/mol. The van der Waals surface area contributed by atoms with Crippen molar-refractivity contribution in [2.75, 3.05) is 11.9 Å². The van der Waals surface area contributed by atoms with Gasteiger partial charge in [-0.25, -0.2) is 0 Å². The molecule has 0 aromatic heterocycles. The number of benzene rings is 3. The summed E-state index contributed by atoms with van der Waals surface area (Å²) in [7, 11) is 0. The van der Waals surface area contributed by atoms with Crippen LogP contribution in [0.25, 0.3) is 10.8 Å². The first kappa shape index (κ1) is 20.4. The Hall–Kier alpha value is -3.38. The maximum absolute atomic E-state index is 12.4. The third-order valence-electron chi connectivity index (χ3n) is 4.22. The molecule has 3 rings (SSSR count). The molecule has 29 heavy (non-hydrogen) atoms. The van der Waals surface area contributed by atoms with Crippen molar-refractivity contribution in [2.24, 2.45) is 0 Å². The molecule has 2 amide bonds. The van der Waals surface area contributed by atoms with Crippen LogP contribution in [0.5, 0.6) is 0 Å². The summed E-state index contributed by atoms with van der Waals surface area (Å²) in [6.07, 6.45) is -1.02. The third kappa shape index (κ3) is 5.33. The maximum Gasteiger partial charge on any atom is 0.326 e. The normalized spacial score (nSPS) is 11.5. The number of rotatable bonds is 6. The van der Waals surface area contributed by atoms with E-state index in [0.29, 0.717) is 16.3 Å². The second-order valence-corrected chi connectivity index (χ2v) is 6.77. The van der Waals surface area contributed by atoms with E-state index in [-0.39, 0.29) is 6.54 Å². The lowest BCUT2D eigenvalue weighted by Crippen LogP contribution is -2.35. The highest BCUT2D eigenvalue weighted by atomic mass is 35.5. The van der Waals surface area contributed by atoms with Crippen LogP contribution in [0.3, 0.4) is 0 Å². The van der Waals surface area contributed by atoms with Gasteiger partial charge in [-0.2, -0.15) is 0 Å². The van der Waals surface area contributed by atoms with Crippen LogP contribution in [0.4, 0.5) is 5.69 Å². The summed E-state index contributed by atoms with van der Waals surface area (Å²) in [5.74, 6) is -1.61. The molecule has 7 heteroatoms. The first-order valence-corrected chi connectivity index (χ1v) is 9.34. The van der Waals surface area contributed by atoms with Crippen molar-refractivity contribution >= 4 is 45.8 Å². The number of carbonyl (C=O) groups is 3. The van der Waals surface area contributed by atoms with E-state index in [0.717, 1.165) is 10.8 Å². The highest BCUT2D eigenvalue weighted by molar-refractivity contribution is 6.30. The summed E-state index contributed by atoms with van der Waals surface area (Å²) in [6.45, 7) is 1.12. The molecule has 0 spiro atoms. The predicted molar refractivity (Wildman–Crippen MR) is 112 cm³/mol. The molecule has 148 valence electrons. The Morgan fingerprint density at radius 2 is 1.66 bits per heavy atom. The number of hydrogen-bond acceptors (Lipinski definition) is 4. The minimum atomic E-state index is -1.02. The van der Waals surface area contributed by atoms with E-state index in [1.807, 2.05) is 36.4 Å². The smallest absolute Gasteiger partial charge is 0.326 e. The molecule has 0 unspecified atom stereocenters. The number of anilines is 1. The first-order valence-electron chi connectivity index (χ1n) is 8.96. The Morgan fingerprint density at radius 1 is 0.966 bits per heavy atom. The molecule has 2 N–H and O–H groups in total. The van der Waals surface area contributed by atoms with Crippen LogP contribution >= 0.6 is 11.6 Å². The zero-order valence-electron chi connectivity index (χ0n) is 15.6. The largest absolute Gasteiger partial charge is 0.451 e. The van der Waals surface area contributed by atoms with Crippen molar-refractivity contribution < 1.29 is 19.1 Å². The van der Waals surface area contributed by atoms with Gasteiger partial charge in [-0.05, 0) is 42.6 Å². The number of fused-ring (bicyclic) bond motifs is 1. The number of esters is 1. The van der Waals surface area contributed by atoms with Gasteiger partial charge in [0.15, 0.2) is 6.10 Å². The summed E-state index contributed by atoms with van der Waals surface area (Å²) in [4.78, 5) is 36.4. The lowest BCUT2D eigenvalue weighted by Gasteiger charge is -2.15. The summed E-state index contributed by atoms with van der Waals surface area (Å²) in [5.41, 5.74) is 0.996. The van der Waals surface area contributed by atoms with Crippen molar-refractivity contribution in [1.82, 2.24) is 5.32 Å². The molecular formula is C22H19ClN2O4. The molecule has 1 atom stereocenters. The van der Waals surface area contributed by atoms with Crippen LogP contribution in [0.1, 0.15) is 17.3 Å². The Kier molecular flexibility index (Phi) is 6.46. The zero-order valence-corrected chi connectivity index (χ0v) is 16.4. The van der Waals surface area contributed by atoms with E-state index >= 15 is 0 Å². The average molecular weight is 411 g/mol. The van der Waals surface area contributed by atoms with Crippen LogP contribution in [0, 0.1) is 0 Å². The molecular weight excluding hydrogens is 392 g/mol. The van der Waals surface area contributed by atoms with Crippen LogP contribution < -0.4 is 10.6 Å². The van der Waals surface area contributed by atoms with Crippen LogP contribution in [0.15, 0.2) is 66.7 Å². The number of halogens is 1. The molecule has 0 bridgehead atoms. The topological polar surface area (TPSA) is 84.5 Å². The Balaban J connectivity index is 1.53. The standard InChI is InChI=1S/C22H19ClN2O4/c1-14(21(27)25-19-8-4-6-15-5-2-3-7-18(15)19)29-20(26)13-24-22(28)16-9-11-17(23)12-10-16/h2-12,14H,13H2,1H3,(H,24,28)(H,25,27)/t14-/m0/s1. The third-order valence-corrected chi connectivity index (χ3v) is 4.48. The molecule has 0 fully saturated rings. The van der Waals surface area contributed by atoms with Crippen molar-refractivity contribution in [3.05, 3.63) is 77.3 Å². The van der Waals surface area contributed by atoms with Gasteiger partial charge in [0.05, 0.1) is 0 Å². The number of ether oxygens (including phenoxy) is 1. The van der Waals surface area contributed by atoms with E-state index in [1.54, 1.807) is 30.3 Å². The van der Waals surface area contributed by atoms with Gasteiger partial charge in [-0.1, -0.05) is 48.0 Å². The number of hydrogen-bond donors (Lipinski definition) is 2. The summed E-state index contributed by atoms with van der Waals surface area (Å²) in [5, 5.41) is 7.60. The van der Waals surface area contributed by atoms with Crippen LogP contribution in [-0.4, -0.2) is 30.4 Å². The fourth-order valence-corrected chi connectivity index (χ4v) is 2.84. The summed E-state index contributed by atoms with van der Waals surface area (Å²) >= 11 is 5.78. The highest BCUT2D eigenvalue weighted by Crippen LogP contribution is 2.23. The summed E-state index contributed by atoms with van der Waals surface area (Å²) < 4.78 is 5.12. The molecule has 0 saturated heterocycles. The number of carbonyl (C=O) groups excluding carboxylic acids is 3. The quantitative estimate of drug-likeness (QED) is 0.605. The molecule has 6 nitrogen and oxygen atoms in total. The van der Waals surface area contributed by atoms with Crippen molar-refractivity contribution in [3.8, 4) is 0 Å². The molecule has 0 aliphatic carbocycles. The molecule has 0 saturated carbocycles.